The number of carbonyl (C=O) groups excluding carboxylic acids is 1. The van der Waals surface area contributed by atoms with Crippen LogP contribution < -0.4 is 5.32 Å². The molecule has 4 aromatic rings. The maximum Gasteiger partial charge on any atom is 0.408 e. The number of carboxylic acid groups (broad SMARTS) is 1. The van der Waals surface area contributed by atoms with Crippen LogP contribution in [0.3, 0.4) is 0 Å². The lowest BCUT2D eigenvalue weighted by Gasteiger charge is -2.17. The summed E-state index contributed by atoms with van der Waals surface area (Å²) in [5, 5.41) is 22.2. The van der Waals surface area contributed by atoms with Crippen LogP contribution in [0.2, 0.25) is 0 Å². The number of amides is 1. The molecule has 1 heterocycles. The van der Waals surface area contributed by atoms with E-state index in [1.165, 1.54) is 6.07 Å². The first-order chi connectivity index (χ1) is 17.9. The number of aromatic nitrogens is 1. The van der Waals surface area contributed by atoms with E-state index in [1.54, 1.807) is 12.1 Å². The van der Waals surface area contributed by atoms with Crippen molar-refractivity contribution in [1.29, 1.82) is 0 Å². The first-order valence-corrected chi connectivity index (χ1v) is 11.9. The minimum absolute atomic E-state index is 0.0262. The van der Waals surface area contributed by atoms with Gasteiger partial charge in [-0.3, -0.25) is 0 Å². The minimum Gasteiger partial charge on any atom is -0.508 e. The van der Waals surface area contributed by atoms with E-state index in [9.17, 15) is 19.8 Å². The van der Waals surface area contributed by atoms with Gasteiger partial charge in [0, 0.05) is 12.0 Å². The summed E-state index contributed by atoms with van der Waals surface area (Å²) in [5.74, 6) is 0.124. The minimum atomic E-state index is -1.20. The molecule has 0 saturated carbocycles. The van der Waals surface area contributed by atoms with Crippen LogP contribution in [0.15, 0.2) is 83.3 Å². The SMILES string of the molecule is Cc1oc(-c2ccccc2)nc1CCc1cc(O)ccc1C[C@H](NC(=O)OCc1ccccc1)C(=O)O. The Bertz CT molecular complexity index is 1350. The molecule has 0 fully saturated rings. The molecule has 4 rings (SSSR count). The van der Waals surface area contributed by atoms with Crippen molar-refractivity contribution in [3.63, 3.8) is 0 Å². The number of aryl methyl sites for hydroxylation is 3. The largest absolute Gasteiger partial charge is 0.508 e. The van der Waals surface area contributed by atoms with Crippen LogP contribution in [0, 0.1) is 6.92 Å². The fraction of sp³-hybridized carbons (Fsp3) is 0.207. The number of hydrogen-bond acceptors (Lipinski definition) is 6. The summed E-state index contributed by atoms with van der Waals surface area (Å²) in [6, 6.07) is 22.3. The van der Waals surface area contributed by atoms with Gasteiger partial charge in [0.15, 0.2) is 0 Å². The first kappa shape index (κ1) is 25.5. The number of ether oxygens (including phenoxy) is 1. The maximum absolute atomic E-state index is 12.3. The zero-order valence-electron chi connectivity index (χ0n) is 20.4. The molecule has 8 heteroatoms. The lowest BCUT2D eigenvalue weighted by molar-refractivity contribution is -0.139. The molecule has 1 amide bonds. The van der Waals surface area contributed by atoms with E-state index in [0.717, 1.165) is 22.4 Å². The van der Waals surface area contributed by atoms with E-state index in [0.29, 0.717) is 30.1 Å². The van der Waals surface area contributed by atoms with Crippen molar-refractivity contribution in [3.8, 4) is 17.2 Å². The maximum atomic E-state index is 12.3. The summed E-state index contributed by atoms with van der Waals surface area (Å²) in [7, 11) is 0. The number of carbonyl (C=O) groups is 2. The molecule has 0 radical (unpaired) electrons. The summed E-state index contributed by atoms with van der Waals surface area (Å²) in [6.07, 6.45) is 0.237. The van der Waals surface area contributed by atoms with Crippen molar-refractivity contribution in [2.45, 2.75) is 38.8 Å². The number of aromatic hydroxyl groups is 1. The van der Waals surface area contributed by atoms with Gasteiger partial charge in [0.2, 0.25) is 5.89 Å². The molecule has 1 aromatic heterocycles. The molecule has 0 aliphatic carbocycles. The fourth-order valence-electron chi connectivity index (χ4n) is 3.99. The van der Waals surface area contributed by atoms with Crippen LogP contribution in [0.4, 0.5) is 4.79 Å². The van der Waals surface area contributed by atoms with Crippen molar-refractivity contribution >= 4 is 12.1 Å². The zero-order valence-corrected chi connectivity index (χ0v) is 20.4. The predicted molar refractivity (Wildman–Crippen MR) is 137 cm³/mol. The molecule has 0 spiro atoms. The van der Waals surface area contributed by atoms with Gasteiger partial charge >= 0.3 is 12.1 Å². The highest BCUT2D eigenvalue weighted by atomic mass is 16.5. The van der Waals surface area contributed by atoms with Crippen LogP contribution in [-0.2, 0) is 35.4 Å². The molecule has 3 aromatic carbocycles. The van der Waals surface area contributed by atoms with E-state index in [4.69, 9.17) is 9.15 Å². The quantitative estimate of drug-likeness (QED) is 0.278. The van der Waals surface area contributed by atoms with Crippen molar-refractivity contribution < 1.29 is 29.0 Å². The van der Waals surface area contributed by atoms with Crippen molar-refractivity contribution in [2.24, 2.45) is 0 Å². The van der Waals surface area contributed by atoms with Gasteiger partial charge in [-0.25, -0.2) is 14.6 Å². The van der Waals surface area contributed by atoms with Gasteiger partial charge in [-0.2, -0.15) is 0 Å². The molecule has 190 valence electrons. The van der Waals surface area contributed by atoms with Crippen molar-refractivity contribution in [3.05, 3.63) is 107 Å². The lowest BCUT2D eigenvalue weighted by atomic mass is 9.96. The average molecular weight is 501 g/mol. The Balaban J connectivity index is 1.43. The second-order valence-electron chi connectivity index (χ2n) is 8.64. The average Bonchev–Trinajstić information content (AvgIpc) is 3.28. The van der Waals surface area contributed by atoms with Crippen molar-refractivity contribution in [1.82, 2.24) is 10.3 Å². The van der Waals surface area contributed by atoms with Crippen LogP contribution in [0.1, 0.15) is 28.1 Å². The van der Waals surface area contributed by atoms with E-state index in [1.807, 2.05) is 67.6 Å². The first-order valence-electron chi connectivity index (χ1n) is 11.9. The lowest BCUT2D eigenvalue weighted by Crippen LogP contribution is -2.42. The third kappa shape index (κ3) is 6.98. The highest BCUT2D eigenvalue weighted by molar-refractivity contribution is 5.80. The van der Waals surface area contributed by atoms with Gasteiger partial charge in [-0.15, -0.1) is 0 Å². The number of benzene rings is 3. The van der Waals surface area contributed by atoms with Crippen molar-refractivity contribution in [2.75, 3.05) is 0 Å². The Morgan fingerprint density at radius 1 is 0.973 bits per heavy atom. The molecule has 8 nitrogen and oxygen atoms in total. The smallest absolute Gasteiger partial charge is 0.408 e. The van der Waals surface area contributed by atoms with Crippen LogP contribution >= 0.6 is 0 Å². The number of hydrogen-bond donors (Lipinski definition) is 3. The molecule has 1 atom stereocenters. The second kappa shape index (κ2) is 11.9. The summed E-state index contributed by atoms with van der Waals surface area (Å²) >= 11 is 0. The normalized spacial score (nSPS) is 11.6. The van der Waals surface area contributed by atoms with Gasteiger partial charge in [0.05, 0.1) is 5.69 Å². The number of nitrogens with zero attached hydrogens (tertiary/aromatic N) is 1. The fourth-order valence-corrected chi connectivity index (χ4v) is 3.99. The number of aliphatic carboxylic acids is 1. The van der Waals surface area contributed by atoms with Gasteiger partial charge in [-0.1, -0.05) is 54.6 Å². The third-order valence-electron chi connectivity index (χ3n) is 5.96. The molecule has 3 N–H and O–H groups in total. The predicted octanol–water partition coefficient (Wildman–Crippen LogP) is 5.06. The number of oxazole rings is 1. The third-order valence-corrected chi connectivity index (χ3v) is 5.96. The highest BCUT2D eigenvalue weighted by Crippen LogP contribution is 2.24. The molecule has 0 unspecified atom stereocenters. The Labute approximate surface area is 214 Å². The molecule has 0 bridgehead atoms. The number of phenolic OH excluding ortho intramolecular Hbond substituents is 1. The topological polar surface area (TPSA) is 122 Å². The molecule has 0 saturated heterocycles. The number of carboxylic acids is 1. The van der Waals surface area contributed by atoms with Gasteiger partial charge in [0.1, 0.15) is 24.2 Å². The molecular formula is C29H28N2O6. The molecule has 0 aliphatic rings. The Hall–Kier alpha value is -4.59. The summed E-state index contributed by atoms with van der Waals surface area (Å²) in [4.78, 5) is 28.8. The monoisotopic (exact) mass is 500 g/mol. The number of nitrogens with one attached hydrogen (secondary N) is 1. The standard InChI is InChI=1S/C29H28N2O6/c1-19-25(30-27(37-19)21-10-6-3-7-11-21)15-13-22-16-24(32)14-12-23(22)17-26(28(33)34)31-29(35)36-18-20-8-4-2-5-9-20/h2-12,14,16,26,32H,13,15,17-18H2,1H3,(H,31,35)(H,33,34)/t26-/m0/s1. The van der Waals surface area contributed by atoms with Crippen LogP contribution in [0.5, 0.6) is 5.75 Å². The number of alkyl carbamates (subject to hydrolysis) is 1. The zero-order chi connectivity index (χ0) is 26.2. The second-order valence-corrected chi connectivity index (χ2v) is 8.64. The highest BCUT2D eigenvalue weighted by Gasteiger charge is 2.23. The van der Waals surface area contributed by atoms with Gasteiger partial charge in [-0.05, 0) is 60.7 Å². The molecule has 0 aliphatic heterocycles. The Kier molecular flexibility index (Phi) is 8.20. The van der Waals surface area contributed by atoms with E-state index in [2.05, 4.69) is 10.3 Å². The molecular weight excluding hydrogens is 472 g/mol. The Morgan fingerprint density at radius 3 is 2.38 bits per heavy atom. The number of rotatable bonds is 10. The summed E-state index contributed by atoms with van der Waals surface area (Å²) < 4.78 is 11.0. The molecule has 37 heavy (non-hydrogen) atoms. The van der Waals surface area contributed by atoms with Crippen LogP contribution in [0.25, 0.3) is 11.5 Å². The summed E-state index contributed by atoms with van der Waals surface area (Å²) in [6.45, 7) is 1.88. The summed E-state index contributed by atoms with van der Waals surface area (Å²) in [5.41, 5.74) is 3.91. The Morgan fingerprint density at radius 2 is 1.68 bits per heavy atom. The number of phenols is 1. The van der Waals surface area contributed by atoms with Gasteiger partial charge < -0.3 is 24.7 Å². The van der Waals surface area contributed by atoms with E-state index < -0.39 is 18.1 Å². The van der Waals surface area contributed by atoms with E-state index in [-0.39, 0.29) is 18.8 Å². The van der Waals surface area contributed by atoms with E-state index >= 15 is 0 Å². The van der Waals surface area contributed by atoms with Gasteiger partial charge in [0.25, 0.3) is 0 Å². The van der Waals surface area contributed by atoms with Crippen LogP contribution in [-0.4, -0.2) is 33.3 Å².